The molecule has 0 aliphatic rings. The fraction of sp³-hybridized carbons (Fsp3) is 0.714. The second kappa shape index (κ2) is 5.10. The Bertz CT molecular complexity index is 39.7. The maximum atomic E-state index is 5.40. The molecule has 0 rings (SSSR count). The van der Waals surface area contributed by atoms with Crippen molar-refractivity contribution in [3.8, 4) is 0 Å². The molecule has 0 fully saturated rings. The first-order valence-corrected chi connectivity index (χ1v) is 3.13. The monoisotopic (exact) mass is 113 g/mol. The van der Waals surface area contributed by atoms with Gasteiger partial charge in [-0.2, -0.15) is 0 Å². The highest BCUT2D eigenvalue weighted by Gasteiger charge is 1.99. The smallest absolute Gasteiger partial charge is 0.00489 e. The van der Waals surface area contributed by atoms with Crippen LogP contribution in [0.5, 0.6) is 0 Å². The van der Waals surface area contributed by atoms with E-state index in [4.69, 9.17) is 5.73 Å². The van der Waals surface area contributed by atoms with Crippen LogP contribution in [0, 0.1) is 19.8 Å². The van der Waals surface area contributed by atoms with Gasteiger partial charge in [0.05, 0.1) is 0 Å². The minimum Gasteiger partial charge on any atom is -0.330 e. The summed E-state index contributed by atoms with van der Waals surface area (Å²) in [5.74, 6) is 0.604. The lowest BCUT2D eigenvalue weighted by molar-refractivity contribution is 0.505. The molecule has 8 heavy (non-hydrogen) atoms. The van der Waals surface area contributed by atoms with Crippen LogP contribution < -0.4 is 5.73 Å². The first kappa shape index (κ1) is 7.96. The van der Waals surface area contributed by atoms with Crippen LogP contribution in [0.1, 0.15) is 19.3 Å². The maximum Gasteiger partial charge on any atom is -0.00489 e. The Labute approximate surface area is 52.3 Å². The zero-order valence-electron chi connectivity index (χ0n) is 5.40. The summed E-state index contributed by atoms with van der Waals surface area (Å²) in [4.78, 5) is 0. The highest BCUT2D eigenvalue weighted by molar-refractivity contribution is 4.61. The van der Waals surface area contributed by atoms with Gasteiger partial charge in [0.15, 0.2) is 0 Å². The molecule has 0 aromatic heterocycles. The zero-order chi connectivity index (χ0) is 6.41. The van der Waals surface area contributed by atoms with E-state index in [2.05, 4.69) is 13.8 Å². The van der Waals surface area contributed by atoms with Crippen LogP contribution in [0.25, 0.3) is 0 Å². The lowest BCUT2D eigenvalue weighted by Gasteiger charge is -2.08. The van der Waals surface area contributed by atoms with Crippen LogP contribution in [-0.4, -0.2) is 6.54 Å². The van der Waals surface area contributed by atoms with Crippen LogP contribution in [0.2, 0.25) is 0 Å². The van der Waals surface area contributed by atoms with Gasteiger partial charge in [-0.3, -0.25) is 0 Å². The molecule has 0 heterocycles. The molecule has 0 aliphatic heterocycles. The van der Waals surface area contributed by atoms with Crippen LogP contribution in [0.3, 0.4) is 0 Å². The molecule has 0 spiro atoms. The second-order valence-corrected chi connectivity index (χ2v) is 2.03. The molecule has 0 saturated carbocycles. The van der Waals surface area contributed by atoms with Crippen LogP contribution >= 0.6 is 0 Å². The molecular weight excluding hydrogens is 98.1 g/mol. The van der Waals surface area contributed by atoms with Gasteiger partial charge in [0.2, 0.25) is 0 Å². The van der Waals surface area contributed by atoms with E-state index in [0.717, 1.165) is 25.8 Å². The van der Waals surface area contributed by atoms with Crippen molar-refractivity contribution >= 4 is 0 Å². The number of hydrogen-bond donors (Lipinski definition) is 1. The van der Waals surface area contributed by atoms with Crippen molar-refractivity contribution in [1.29, 1.82) is 0 Å². The maximum absolute atomic E-state index is 5.40. The Balaban J connectivity index is 3.07. The van der Waals surface area contributed by atoms with Gasteiger partial charge in [-0.25, -0.2) is 0 Å². The average molecular weight is 113 g/mol. The highest BCUT2D eigenvalue weighted by Crippen LogP contribution is 2.06. The van der Waals surface area contributed by atoms with Gasteiger partial charge >= 0.3 is 0 Å². The number of hydrogen-bond acceptors (Lipinski definition) is 1. The average Bonchev–Trinajstić information content (AvgIpc) is 1.83. The third-order valence-electron chi connectivity index (χ3n) is 1.35. The van der Waals surface area contributed by atoms with Crippen molar-refractivity contribution in [1.82, 2.24) is 0 Å². The second-order valence-electron chi connectivity index (χ2n) is 2.03. The van der Waals surface area contributed by atoms with Crippen molar-refractivity contribution in [3.05, 3.63) is 13.8 Å². The first-order chi connectivity index (χ1) is 3.85. The summed E-state index contributed by atoms with van der Waals surface area (Å²) in [5, 5.41) is 0. The van der Waals surface area contributed by atoms with Crippen molar-refractivity contribution in [3.63, 3.8) is 0 Å². The van der Waals surface area contributed by atoms with Gasteiger partial charge in [-0.15, -0.1) is 0 Å². The van der Waals surface area contributed by atoms with Crippen molar-refractivity contribution in [2.45, 2.75) is 19.3 Å². The molecule has 2 N–H and O–H groups in total. The molecule has 2 radical (unpaired) electrons. The summed E-state index contributed by atoms with van der Waals surface area (Å²) in [5.41, 5.74) is 5.40. The van der Waals surface area contributed by atoms with Crippen LogP contribution in [0.4, 0.5) is 0 Å². The normalized spacial score (nSPS) is 13.9. The van der Waals surface area contributed by atoms with E-state index in [9.17, 15) is 0 Å². The van der Waals surface area contributed by atoms with E-state index in [0.29, 0.717) is 5.92 Å². The molecule has 0 aliphatic carbocycles. The van der Waals surface area contributed by atoms with Crippen molar-refractivity contribution in [2.75, 3.05) is 6.54 Å². The largest absolute Gasteiger partial charge is 0.330 e. The van der Waals surface area contributed by atoms with Crippen molar-refractivity contribution < 1.29 is 0 Å². The number of nitrogens with two attached hydrogens (primary N) is 1. The third kappa shape index (κ3) is 3.03. The summed E-state index contributed by atoms with van der Waals surface area (Å²) < 4.78 is 0. The summed E-state index contributed by atoms with van der Waals surface area (Å²) in [6.45, 7) is 8.27. The Hall–Kier alpha value is -0.0400. The predicted octanol–water partition coefficient (Wildman–Crippen LogP) is 1.40. The van der Waals surface area contributed by atoms with Gasteiger partial charge in [0.25, 0.3) is 0 Å². The Morgan fingerprint density at radius 1 is 1.38 bits per heavy atom. The minimum atomic E-state index is 0.604. The van der Waals surface area contributed by atoms with E-state index in [-0.39, 0.29) is 0 Å². The van der Waals surface area contributed by atoms with E-state index in [1.807, 2.05) is 0 Å². The van der Waals surface area contributed by atoms with Gasteiger partial charge < -0.3 is 5.73 Å². The summed E-state index contributed by atoms with van der Waals surface area (Å²) in [7, 11) is 0. The summed E-state index contributed by atoms with van der Waals surface area (Å²) in [6, 6.07) is 0. The van der Waals surface area contributed by atoms with Crippen LogP contribution in [-0.2, 0) is 0 Å². The molecule has 1 heteroatoms. The molecule has 0 bridgehead atoms. The third-order valence-corrected chi connectivity index (χ3v) is 1.35. The highest BCUT2D eigenvalue weighted by atomic mass is 14.5. The Morgan fingerprint density at radius 3 is 2.12 bits per heavy atom. The van der Waals surface area contributed by atoms with Crippen molar-refractivity contribution in [2.24, 2.45) is 11.7 Å². The SMILES string of the molecule is [CH2]CCC(C[CH2])CN. The molecular formula is C7H15N. The van der Waals surface area contributed by atoms with E-state index >= 15 is 0 Å². The first-order valence-electron chi connectivity index (χ1n) is 3.13. The zero-order valence-corrected chi connectivity index (χ0v) is 5.40. The Morgan fingerprint density at radius 2 is 2.00 bits per heavy atom. The molecule has 1 atom stereocenters. The fourth-order valence-electron chi connectivity index (χ4n) is 0.669. The molecule has 48 valence electrons. The van der Waals surface area contributed by atoms with Crippen LogP contribution in [0.15, 0.2) is 0 Å². The van der Waals surface area contributed by atoms with E-state index in [1.54, 1.807) is 0 Å². The predicted molar refractivity (Wildman–Crippen MR) is 37.1 cm³/mol. The molecule has 1 nitrogen and oxygen atoms in total. The summed E-state index contributed by atoms with van der Waals surface area (Å²) in [6.07, 6.45) is 3.06. The minimum absolute atomic E-state index is 0.604. The topological polar surface area (TPSA) is 26.0 Å². The standard InChI is InChI=1S/C7H15N/c1-3-5-7(4-2)6-8/h7H,1-6,8H2. The number of rotatable bonds is 4. The lowest BCUT2D eigenvalue weighted by atomic mass is 10.0. The molecule has 0 aromatic rings. The van der Waals surface area contributed by atoms with Gasteiger partial charge in [-0.05, 0) is 25.3 Å². The molecule has 0 aromatic carbocycles. The van der Waals surface area contributed by atoms with Gasteiger partial charge in [0, 0.05) is 0 Å². The van der Waals surface area contributed by atoms with Gasteiger partial charge in [0.1, 0.15) is 0 Å². The fourth-order valence-corrected chi connectivity index (χ4v) is 0.669. The molecule has 0 amide bonds. The lowest BCUT2D eigenvalue weighted by Crippen LogP contribution is -2.12. The van der Waals surface area contributed by atoms with E-state index in [1.165, 1.54) is 0 Å². The van der Waals surface area contributed by atoms with Gasteiger partial charge in [-0.1, -0.05) is 20.3 Å². The quantitative estimate of drug-likeness (QED) is 0.586. The van der Waals surface area contributed by atoms with E-state index < -0.39 is 0 Å². The molecule has 0 saturated heterocycles. The summed E-state index contributed by atoms with van der Waals surface area (Å²) >= 11 is 0. The molecule has 1 unspecified atom stereocenters. The Kier molecular flexibility index (Phi) is 5.08.